The second-order valence-electron chi connectivity index (χ2n) is 26.5. The molecule has 498 valence electrons. The van der Waals surface area contributed by atoms with E-state index in [1.807, 2.05) is 81.4 Å². The van der Waals surface area contributed by atoms with Crippen LogP contribution in [0.1, 0.15) is 163 Å². The van der Waals surface area contributed by atoms with Crippen LogP contribution in [0, 0.1) is 41.4 Å². The Morgan fingerprint density at radius 2 is 0.885 bits per heavy atom. The number of nitrogens with one attached hydrogen (secondary N) is 4. The molecule has 1 heterocycles. The Hall–Kier alpha value is -6.13. The van der Waals surface area contributed by atoms with Crippen LogP contribution in [0.2, 0.25) is 0 Å². The van der Waals surface area contributed by atoms with Crippen LogP contribution < -0.4 is 21.3 Å². The zero-order chi connectivity index (χ0) is 67.4. The zero-order valence-electron chi connectivity index (χ0n) is 57.7. The molecule has 0 aromatic heterocycles. The summed E-state index contributed by atoms with van der Waals surface area (Å²) < 4.78 is 6.36. The quantitative estimate of drug-likeness (QED) is 0.149. The van der Waals surface area contributed by atoms with E-state index < -0.39 is 150 Å². The molecule has 87 heavy (non-hydrogen) atoms. The van der Waals surface area contributed by atoms with Crippen LogP contribution in [-0.4, -0.2) is 228 Å². The Labute approximate surface area is 521 Å². The van der Waals surface area contributed by atoms with E-state index in [9.17, 15) is 33.6 Å². The molecule has 12 atom stereocenters. The second-order valence-corrected chi connectivity index (χ2v) is 26.5. The van der Waals surface area contributed by atoms with Gasteiger partial charge >= 0.3 is 0 Å². The van der Waals surface area contributed by atoms with Crippen LogP contribution in [0.5, 0.6) is 0 Å². The van der Waals surface area contributed by atoms with E-state index in [4.69, 9.17) is 4.74 Å². The molecule has 11 amide bonds. The average molecular weight is 1230 g/mol. The van der Waals surface area contributed by atoms with Gasteiger partial charge in [0, 0.05) is 55.9 Å². The van der Waals surface area contributed by atoms with Gasteiger partial charge < -0.3 is 60.3 Å². The molecule has 1 saturated heterocycles. The fourth-order valence-electron chi connectivity index (χ4n) is 11.1. The molecular weight excluding hydrogens is 1110 g/mol. The smallest absolute Gasteiger partial charge is 0.246 e. The van der Waals surface area contributed by atoms with Crippen LogP contribution in [0.3, 0.4) is 0 Å². The summed E-state index contributed by atoms with van der Waals surface area (Å²) in [4.78, 5) is 170. The number of allylic oxidation sites excluding steroid dienone is 2. The first-order chi connectivity index (χ1) is 40.2. The second kappa shape index (κ2) is 36.4. The number of ether oxygens (including phenoxy) is 1. The molecule has 0 radical (unpaired) electrons. The van der Waals surface area contributed by atoms with E-state index in [0.717, 1.165) is 4.90 Å². The lowest BCUT2D eigenvalue weighted by atomic mass is 9.91. The highest BCUT2D eigenvalue weighted by Gasteiger charge is 2.46. The number of carbonyl (C=O) groups is 11. The number of likely N-dealkylation sites (N-methyl/N-ethyl adjacent to an activating group) is 7. The van der Waals surface area contributed by atoms with Crippen LogP contribution in [-0.2, 0) is 57.5 Å². The Kier molecular flexibility index (Phi) is 33.0. The first-order valence-corrected chi connectivity index (χ1v) is 31.5. The summed E-state index contributed by atoms with van der Waals surface area (Å²) in [5.74, 6) is -8.95. The third-order valence-electron chi connectivity index (χ3n) is 16.4. The van der Waals surface area contributed by atoms with Gasteiger partial charge in [-0.2, -0.15) is 0 Å². The molecule has 0 spiro atoms. The molecule has 0 aliphatic carbocycles. The van der Waals surface area contributed by atoms with Gasteiger partial charge in [-0.1, -0.05) is 109 Å². The first-order valence-electron chi connectivity index (χ1n) is 31.5. The predicted molar refractivity (Wildman–Crippen MR) is 338 cm³/mol. The maximum Gasteiger partial charge on any atom is 0.246 e. The SMILES string of the molecule is C/C=C/CC(C)C(OCC)C1C(=O)NC(CC)C(=O)N(C)CC(=O)N(C)C(CC(C)C)C(=O)NC(C(C)C)C(=O)N(C)C(CC(C)C)C(=O)NC(C)C(=O)NC(C)C(=O)N(C)C(CC(C)C)C(=O)N(C)C(CC(C)C)C(=O)N(C)C(C(C)C)C(=O)N1C. The molecule has 0 bridgehead atoms. The number of hydrogen-bond donors (Lipinski definition) is 4. The van der Waals surface area contributed by atoms with E-state index in [1.165, 1.54) is 92.6 Å². The minimum Gasteiger partial charge on any atom is -0.376 e. The average Bonchev–Trinajstić information content (AvgIpc) is 1.87. The van der Waals surface area contributed by atoms with E-state index in [1.54, 1.807) is 41.5 Å². The van der Waals surface area contributed by atoms with Gasteiger partial charge in [0.05, 0.1) is 12.6 Å². The molecule has 0 aromatic rings. The van der Waals surface area contributed by atoms with Crippen molar-refractivity contribution in [1.29, 1.82) is 0 Å². The van der Waals surface area contributed by atoms with Crippen molar-refractivity contribution in [2.75, 3.05) is 62.5 Å². The van der Waals surface area contributed by atoms with Crippen molar-refractivity contribution in [2.24, 2.45) is 41.4 Å². The maximum absolute atomic E-state index is 15.4. The summed E-state index contributed by atoms with van der Waals surface area (Å²) in [6.45, 7) is 31.8. The van der Waals surface area contributed by atoms with Gasteiger partial charge in [-0.15, -0.1) is 0 Å². The lowest BCUT2D eigenvalue weighted by Gasteiger charge is -2.42. The Balaban J connectivity index is 4.39. The Morgan fingerprint density at radius 1 is 0.460 bits per heavy atom. The molecule has 0 aromatic carbocycles. The number of carbonyl (C=O) groups excluding carboxylic acids is 11. The highest BCUT2D eigenvalue weighted by molar-refractivity contribution is 5.99. The van der Waals surface area contributed by atoms with Crippen molar-refractivity contribution in [2.45, 2.75) is 230 Å². The van der Waals surface area contributed by atoms with Crippen molar-refractivity contribution < 1.29 is 57.5 Å². The Morgan fingerprint density at radius 3 is 1.33 bits per heavy atom. The van der Waals surface area contributed by atoms with Crippen molar-refractivity contribution in [3.63, 3.8) is 0 Å². The lowest BCUT2D eigenvalue weighted by molar-refractivity contribution is -0.158. The molecule has 0 saturated carbocycles. The number of nitrogens with zero attached hydrogens (tertiary/aromatic N) is 7. The summed E-state index contributed by atoms with van der Waals surface area (Å²) in [5.41, 5.74) is 0. The highest BCUT2D eigenvalue weighted by atomic mass is 16.5. The van der Waals surface area contributed by atoms with Gasteiger partial charge in [0.15, 0.2) is 0 Å². The molecule has 1 aliphatic heterocycles. The molecule has 4 N–H and O–H groups in total. The molecule has 1 fully saturated rings. The summed E-state index contributed by atoms with van der Waals surface area (Å²) in [6, 6.07) is -11.9. The molecular formula is C64H115N11O12. The minimum absolute atomic E-state index is 0.0677. The van der Waals surface area contributed by atoms with Gasteiger partial charge in [0.2, 0.25) is 65.0 Å². The fraction of sp³-hybridized carbons (Fsp3) is 0.797. The highest BCUT2D eigenvalue weighted by Crippen LogP contribution is 2.27. The minimum atomic E-state index is -1.37. The monoisotopic (exact) mass is 1230 g/mol. The normalized spacial score (nSPS) is 26.6. The summed E-state index contributed by atoms with van der Waals surface area (Å²) in [5, 5.41) is 11.2. The fourth-order valence-corrected chi connectivity index (χ4v) is 11.1. The molecule has 23 heteroatoms. The van der Waals surface area contributed by atoms with Crippen LogP contribution in [0.4, 0.5) is 0 Å². The third kappa shape index (κ3) is 22.5. The molecule has 1 rings (SSSR count). The van der Waals surface area contributed by atoms with Gasteiger partial charge in [-0.05, 0) is 108 Å². The van der Waals surface area contributed by atoms with Crippen LogP contribution in [0.15, 0.2) is 12.2 Å². The lowest BCUT2D eigenvalue weighted by Crippen LogP contribution is -2.64. The van der Waals surface area contributed by atoms with Gasteiger partial charge in [-0.3, -0.25) is 52.7 Å². The molecule has 12 unspecified atom stereocenters. The van der Waals surface area contributed by atoms with E-state index in [2.05, 4.69) is 21.3 Å². The largest absolute Gasteiger partial charge is 0.376 e. The van der Waals surface area contributed by atoms with Crippen molar-refractivity contribution in [3.8, 4) is 0 Å². The molecule has 1 aliphatic rings. The van der Waals surface area contributed by atoms with Gasteiger partial charge in [-0.25, -0.2) is 0 Å². The summed E-state index contributed by atoms with van der Waals surface area (Å²) >= 11 is 0. The van der Waals surface area contributed by atoms with E-state index in [-0.39, 0.29) is 68.3 Å². The van der Waals surface area contributed by atoms with Crippen molar-refractivity contribution in [3.05, 3.63) is 12.2 Å². The topological polar surface area (TPSA) is 268 Å². The molecule has 23 nitrogen and oxygen atoms in total. The maximum atomic E-state index is 15.4. The zero-order valence-corrected chi connectivity index (χ0v) is 57.7. The van der Waals surface area contributed by atoms with Gasteiger partial charge in [0.25, 0.3) is 0 Å². The Bertz CT molecular complexity index is 2360. The van der Waals surface area contributed by atoms with Crippen LogP contribution in [0.25, 0.3) is 0 Å². The van der Waals surface area contributed by atoms with Crippen molar-refractivity contribution >= 4 is 65.0 Å². The number of hydrogen-bond acceptors (Lipinski definition) is 12. The number of rotatable bonds is 17. The summed E-state index contributed by atoms with van der Waals surface area (Å²) in [7, 11) is 10.2. The standard InChI is InChI=1S/C64H115N11O12/c1-26-29-30-42(16)54(87-28-3)53-58(80)67-45(27-2)60(82)69(19)35-50(76)70(20)46(31-36(4)5)57(79)68-51(40(12)13)63(85)71(21)47(32-37(6)7)56(78)65-43(17)55(77)66-44(18)59(81)72(22)48(33-38(8)9)61(83)73(23)49(34-39(10)11)62(84)74(24)52(41(14)15)64(86)75(53)25/h26,29,36-49,51-54H,27-28,30-35H2,1-25H3,(H,65,78)(H,66,77)(H,67,80)(H,68,79)/b29-26+. The van der Waals surface area contributed by atoms with Crippen molar-refractivity contribution in [1.82, 2.24) is 55.6 Å². The van der Waals surface area contributed by atoms with Crippen LogP contribution >= 0.6 is 0 Å². The van der Waals surface area contributed by atoms with E-state index in [0.29, 0.717) is 6.42 Å². The predicted octanol–water partition coefficient (Wildman–Crippen LogP) is 4.31. The summed E-state index contributed by atoms with van der Waals surface area (Å²) in [6.07, 6.45) is 4.04. The van der Waals surface area contributed by atoms with Gasteiger partial charge in [0.1, 0.15) is 60.4 Å². The van der Waals surface area contributed by atoms with E-state index >= 15 is 19.2 Å². The number of amides is 11. The first kappa shape index (κ1) is 78.9. The third-order valence-corrected chi connectivity index (χ3v) is 16.4.